The van der Waals surface area contributed by atoms with Crippen LogP contribution in [0.25, 0.3) is 0 Å². The first-order valence-electron chi connectivity index (χ1n) is 5.53. The van der Waals surface area contributed by atoms with Gasteiger partial charge in [-0.15, -0.1) is 0 Å². The molecule has 1 unspecified atom stereocenters. The molecule has 2 aromatic carbocycles. The Labute approximate surface area is 138 Å². The number of nitrogens with one attached hydrogen (secondary N) is 1. The molecule has 0 spiro atoms. The lowest BCUT2D eigenvalue weighted by Gasteiger charge is -2.17. The Morgan fingerprint density at radius 1 is 1.06 bits per heavy atom. The molecule has 0 aliphatic heterocycles. The average Bonchev–Trinajstić information content (AvgIpc) is 2.34. The summed E-state index contributed by atoms with van der Waals surface area (Å²) in [6, 6.07) is 15.0. The van der Waals surface area contributed by atoms with Crippen LogP contribution >= 0.6 is 54.5 Å². The van der Waals surface area contributed by atoms with Gasteiger partial charge in [0, 0.05) is 24.2 Å². The standard InChI is InChI=1S/C14H12Br2IN/c1-9(10-2-4-11(15)5-3-10)18-14-8-12(17)6-7-13(14)16/h2-9,18H,1H3. The van der Waals surface area contributed by atoms with E-state index in [1.807, 2.05) is 0 Å². The first-order valence-corrected chi connectivity index (χ1v) is 8.20. The van der Waals surface area contributed by atoms with E-state index in [0.29, 0.717) is 0 Å². The number of benzene rings is 2. The highest BCUT2D eigenvalue weighted by Gasteiger charge is 2.07. The molecule has 18 heavy (non-hydrogen) atoms. The van der Waals surface area contributed by atoms with E-state index in [-0.39, 0.29) is 6.04 Å². The van der Waals surface area contributed by atoms with Gasteiger partial charge >= 0.3 is 0 Å². The molecule has 2 aromatic rings. The molecule has 0 aliphatic carbocycles. The number of rotatable bonds is 3. The summed E-state index contributed by atoms with van der Waals surface area (Å²) in [6.07, 6.45) is 0. The van der Waals surface area contributed by atoms with Gasteiger partial charge in [0.1, 0.15) is 0 Å². The fourth-order valence-corrected chi connectivity index (χ4v) is 2.79. The molecule has 0 saturated heterocycles. The minimum atomic E-state index is 0.271. The van der Waals surface area contributed by atoms with Crippen LogP contribution in [0.2, 0.25) is 0 Å². The third-order valence-electron chi connectivity index (χ3n) is 2.67. The minimum absolute atomic E-state index is 0.271. The minimum Gasteiger partial charge on any atom is -0.378 e. The molecule has 4 heteroatoms. The van der Waals surface area contributed by atoms with Crippen molar-refractivity contribution in [3.8, 4) is 0 Å². The normalized spacial score (nSPS) is 12.2. The molecule has 1 atom stereocenters. The van der Waals surface area contributed by atoms with Crippen molar-refractivity contribution < 1.29 is 0 Å². The van der Waals surface area contributed by atoms with Crippen LogP contribution in [-0.4, -0.2) is 0 Å². The Balaban J connectivity index is 2.18. The summed E-state index contributed by atoms with van der Waals surface area (Å²) in [7, 11) is 0. The highest BCUT2D eigenvalue weighted by Crippen LogP contribution is 2.28. The van der Waals surface area contributed by atoms with Gasteiger partial charge in [-0.25, -0.2) is 0 Å². The summed E-state index contributed by atoms with van der Waals surface area (Å²) in [5.41, 5.74) is 2.39. The Hall–Kier alpha value is -0.0700. The Kier molecular flexibility index (Phi) is 5.09. The Bertz CT molecular complexity index is 540. The predicted molar refractivity (Wildman–Crippen MR) is 93.0 cm³/mol. The fraction of sp³-hybridized carbons (Fsp3) is 0.143. The van der Waals surface area contributed by atoms with Crippen molar-refractivity contribution in [2.75, 3.05) is 5.32 Å². The number of anilines is 1. The molecular formula is C14H12Br2IN. The molecular weight excluding hydrogens is 469 g/mol. The highest BCUT2D eigenvalue weighted by molar-refractivity contribution is 14.1. The van der Waals surface area contributed by atoms with Crippen molar-refractivity contribution in [1.29, 1.82) is 0 Å². The van der Waals surface area contributed by atoms with Crippen molar-refractivity contribution in [3.05, 3.63) is 60.5 Å². The summed E-state index contributed by atoms with van der Waals surface area (Å²) < 4.78 is 3.42. The van der Waals surface area contributed by atoms with Crippen LogP contribution in [-0.2, 0) is 0 Å². The zero-order chi connectivity index (χ0) is 13.1. The van der Waals surface area contributed by atoms with Crippen molar-refractivity contribution >= 4 is 60.1 Å². The van der Waals surface area contributed by atoms with Crippen LogP contribution < -0.4 is 5.32 Å². The fourth-order valence-electron chi connectivity index (χ4n) is 1.68. The van der Waals surface area contributed by atoms with Crippen LogP contribution in [0.4, 0.5) is 5.69 Å². The third kappa shape index (κ3) is 3.71. The van der Waals surface area contributed by atoms with Gasteiger partial charge in [-0.3, -0.25) is 0 Å². The SMILES string of the molecule is CC(Nc1cc(I)ccc1Br)c1ccc(Br)cc1. The van der Waals surface area contributed by atoms with E-state index in [9.17, 15) is 0 Å². The smallest absolute Gasteiger partial charge is 0.0499 e. The maximum Gasteiger partial charge on any atom is 0.0499 e. The summed E-state index contributed by atoms with van der Waals surface area (Å²) in [5, 5.41) is 3.52. The van der Waals surface area contributed by atoms with Crippen LogP contribution in [0.1, 0.15) is 18.5 Å². The second-order valence-electron chi connectivity index (χ2n) is 4.04. The van der Waals surface area contributed by atoms with E-state index in [1.165, 1.54) is 9.13 Å². The van der Waals surface area contributed by atoms with Crippen LogP contribution in [0.3, 0.4) is 0 Å². The average molecular weight is 481 g/mol. The summed E-state index contributed by atoms with van der Waals surface area (Å²) >= 11 is 9.34. The molecule has 0 heterocycles. The first-order chi connectivity index (χ1) is 8.56. The van der Waals surface area contributed by atoms with E-state index in [0.717, 1.165) is 14.6 Å². The summed E-state index contributed by atoms with van der Waals surface area (Å²) in [4.78, 5) is 0. The van der Waals surface area contributed by atoms with Crippen LogP contribution in [0, 0.1) is 3.57 Å². The van der Waals surface area contributed by atoms with Gasteiger partial charge in [0.2, 0.25) is 0 Å². The van der Waals surface area contributed by atoms with Crippen LogP contribution in [0.15, 0.2) is 51.4 Å². The first kappa shape index (κ1) is 14.3. The van der Waals surface area contributed by atoms with Gasteiger partial charge < -0.3 is 5.32 Å². The van der Waals surface area contributed by atoms with Crippen molar-refractivity contribution in [2.45, 2.75) is 13.0 Å². The predicted octanol–water partition coefficient (Wildman–Crippen LogP) is 5.99. The number of hydrogen-bond acceptors (Lipinski definition) is 1. The van der Waals surface area contributed by atoms with Gasteiger partial charge in [0.15, 0.2) is 0 Å². The molecule has 0 saturated carbocycles. The summed E-state index contributed by atoms with van der Waals surface area (Å²) in [6.45, 7) is 2.16. The number of halogens is 3. The van der Waals surface area contributed by atoms with Gasteiger partial charge in [-0.05, 0) is 81.3 Å². The van der Waals surface area contributed by atoms with E-state index in [1.54, 1.807) is 0 Å². The lowest BCUT2D eigenvalue weighted by Crippen LogP contribution is -2.07. The zero-order valence-corrected chi connectivity index (χ0v) is 15.1. The molecule has 0 aliphatic rings. The molecule has 1 N–H and O–H groups in total. The molecule has 0 amide bonds. The highest BCUT2D eigenvalue weighted by atomic mass is 127. The third-order valence-corrected chi connectivity index (χ3v) is 4.56. The number of hydrogen-bond donors (Lipinski definition) is 1. The van der Waals surface area contributed by atoms with Gasteiger partial charge in [-0.2, -0.15) is 0 Å². The van der Waals surface area contributed by atoms with Crippen molar-refractivity contribution in [2.24, 2.45) is 0 Å². The van der Waals surface area contributed by atoms with E-state index >= 15 is 0 Å². The quantitative estimate of drug-likeness (QED) is 0.532. The molecule has 94 valence electrons. The van der Waals surface area contributed by atoms with Crippen LogP contribution in [0.5, 0.6) is 0 Å². The lowest BCUT2D eigenvalue weighted by molar-refractivity contribution is 0.883. The summed E-state index contributed by atoms with van der Waals surface area (Å²) in [5.74, 6) is 0. The van der Waals surface area contributed by atoms with E-state index in [2.05, 4.69) is 109 Å². The van der Waals surface area contributed by atoms with Crippen molar-refractivity contribution in [3.63, 3.8) is 0 Å². The zero-order valence-electron chi connectivity index (χ0n) is 9.75. The second-order valence-corrected chi connectivity index (χ2v) is 7.06. The van der Waals surface area contributed by atoms with Gasteiger partial charge in [-0.1, -0.05) is 28.1 Å². The van der Waals surface area contributed by atoms with E-state index < -0.39 is 0 Å². The largest absolute Gasteiger partial charge is 0.378 e. The molecule has 0 aromatic heterocycles. The van der Waals surface area contributed by atoms with Gasteiger partial charge in [0.05, 0.1) is 0 Å². The molecule has 2 rings (SSSR count). The molecule has 0 radical (unpaired) electrons. The Morgan fingerprint density at radius 2 is 1.72 bits per heavy atom. The molecule has 0 fully saturated rings. The molecule has 1 nitrogen and oxygen atoms in total. The molecule has 0 bridgehead atoms. The maximum absolute atomic E-state index is 3.57. The topological polar surface area (TPSA) is 12.0 Å². The van der Waals surface area contributed by atoms with E-state index in [4.69, 9.17) is 0 Å². The monoisotopic (exact) mass is 479 g/mol. The lowest BCUT2D eigenvalue weighted by atomic mass is 10.1. The van der Waals surface area contributed by atoms with Crippen molar-refractivity contribution in [1.82, 2.24) is 0 Å². The van der Waals surface area contributed by atoms with Gasteiger partial charge in [0.25, 0.3) is 0 Å². The Morgan fingerprint density at radius 3 is 2.39 bits per heavy atom. The maximum atomic E-state index is 3.57. The second kappa shape index (κ2) is 6.39.